The molecule has 0 saturated carbocycles. The average Bonchev–Trinajstić information content (AvgIpc) is 1.51. The van der Waals surface area contributed by atoms with E-state index in [4.69, 9.17) is 116 Å². The number of carbonyl (C=O) groups is 4. The number of alkyl halides is 6. The molecule has 3 aromatic carbocycles. The number of rotatable bonds is 75. The van der Waals surface area contributed by atoms with E-state index in [9.17, 15) is 41.1 Å². The van der Waals surface area contributed by atoms with E-state index in [1.165, 1.54) is 42.6 Å². The number of nitrogens with one attached hydrogen (secondary N) is 3. The molecule has 0 bridgehead atoms. The Hall–Kier alpha value is -9.26. The van der Waals surface area contributed by atoms with Crippen LogP contribution < -0.4 is 25.6 Å². The Morgan fingerprint density at radius 3 is 1.40 bits per heavy atom. The third kappa shape index (κ3) is 45.6. The molecule has 3 N–H and O–H groups in total. The molecule has 3 aliphatic rings. The zero-order valence-corrected chi connectivity index (χ0v) is 81.6. The highest BCUT2D eigenvalue weighted by Gasteiger charge is 2.36. The molecule has 3 saturated heterocycles. The van der Waals surface area contributed by atoms with Crippen molar-refractivity contribution in [3.63, 3.8) is 0 Å². The predicted octanol–water partition coefficient (Wildman–Crippen LogP) is 9.49. The number of piperazine rings is 1. The van der Waals surface area contributed by atoms with Crippen LogP contribution in [0, 0.1) is 24.7 Å². The van der Waals surface area contributed by atoms with Crippen molar-refractivity contribution in [1.82, 2.24) is 44.5 Å². The van der Waals surface area contributed by atoms with Crippen LogP contribution in [0.3, 0.4) is 0 Å². The largest absolute Gasteiger partial charge is 0.487 e. The van der Waals surface area contributed by atoms with Gasteiger partial charge in [-0.3, -0.25) is 24.1 Å². The number of pyridine rings is 1. The number of nitrogens with zero attached hydrogens (tertiary/aromatic N) is 9. The van der Waals surface area contributed by atoms with Crippen LogP contribution in [0.15, 0.2) is 110 Å². The van der Waals surface area contributed by atoms with Crippen molar-refractivity contribution in [3.8, 4) is 28.8 Å². The summed E-state index contributed by atoms with van der Waals surface area (Å²) in [5, 5.41) is 17.3. The highest BCUT2D eigenvalue weighted by molar-refractivity contribution is 6.20. The summed E-state index contributed by atoms with van der Waals surface area (Å²) in [5.74, 6) is 5.19. The van der Waals surface area contributed by atoms with Crippen molar-refractivity contribution in [1.29, 1.82) is 0 Å². The molecule has 4 amide bonds. The topological polar surface area (TPSA) is 378 Å². The SMILES string of the molecule is Cc1ccc(C(=O)Nc2ccc(CN3CCN(C(=O)CCOCCOCCOCCOCCOCCOCCOCCOCCOCCOCCOCCOCCOCCOCCOCCOCCOCCOCCOCCOCCNC(=O)C4CCN(c5ncc(C(=O)Nc6ccc(OC(F)(F)Cl)cc6)cc5-c5ccnn5C5CCCCO5)CC4)CC3)c(C(F)(F)F)c2)cc1C#Cc1cnc2cccnn12. The maximum absolute atomic E-state index is 14.5. The molecule has 3 fully saturated rings. The lowest BCUT2D eigenvalue weighted by atomic mass is 9.95. The number of halogens is 6. The number of carbonyl (C=O) groups excluding carboxylic acids is 4. The van der Waals surface area contributed by atoms with Gasteiger partial charge < -0.3 is 130 Å². The molecule has 0 radical (unpaired) electrons. The Labute approximate surface area is 829 Å². The number of imidazole rings is 1. The number of ether oxygens (including phenoxy) is 22. The first kappa shape index (κ1) is 115. The van der Waals surface area contributed by atoms with Crippen molar-refractivity contribution in [2.75, 3.05) is 332 Å². The molecular weight excluding hydrogens is 1890 g/mol. The van der Waals surface area contributed by atoms with Gasteiger partial charge in [0, 0.05) is 123 Å². The summed E-state index contributed by atoms with van der Waals surface area (Å²) in [4.78, 5) is 67.8. The van der Waals surface area contributed by atoms with Crippen LogP contribution in [0.25, 0.3) is 16.9 Å². The molecule has 10 rings (SSSR count). The molecular formula is C98H136ClF5N12O26. The molecule has 44 heteroatoms. The minimum Gasteiger partial charge on any atom is -0.420 e. The fraction of sp³-hybridized carbons (Fsp3) is 0.612. The molecule has 0 aliphatic carbocycles. The lowest BCUT2D eigenvalue weighted by Crippen LogP contribution is -2.48. The van der Waals surface area contributed by atoms with Crippen LogP contribution in [0.2, 0.25) is 0 Å². The number of fused-ring (bicyclic) bond motifs is 1. The van der Waals surface area contributed by atoms with Gasteiger partial charge in [0.1, 0.15) is 17.3 Å². The maximum Gasteiger partial charge on any atom is 0.487 e. The number of benzene rings is 3. The summed E-state index contributed by atoms with van der Waals surface area (Å²) in [6, 6.07) is 21.3. The van der Waals surface area contributed by atoms with E-state index >= 15 is 0 Å². The number of piperidine rings is 1. The van der Waals surface area contributed by atoms with Crippen molar-refractivity contribution in [3.05, 3.63) is 149 Å². The summed E-state index contributed by atoms with van der Waals surface area (Å²) in [6.07, 6.45) is 5.52. The second-order valence-corrected chi connectivity index (χ2v) is 32.8. The highest BCUT2D eigenvalue weighted by atomic mass is 35.5. The van der Waals surface area contributed by atoms with Gasteiger partial charge >= 0.3 is 11.7 Å². The number of hydrogen-bond donors (Lipinski definition) is 3. The van der Waals surface area contributed by atoms with Crippen LogP contribution in [-0.4, -0.2) is 385 Å². The van der Waals surface area contributed by atoms with Gasteiger partial charge in [-0.05, 0) is 129 Å². The van der Waals surface area contributed by atoms with Crippen LogP contribution in [0.1, 0.15) is 93.4 Å². The van der Waals surface area contributed by atoms with Gasteiger partial charge in [-0.2, -0.15) is 23.4 Å². The highest BCUT2D eigenvalue weighted by Crippen LogP contribution is 2.38. The zero-order valence-electron chi connectivity index (χ0n) is 80.8. The number of aryl methyl sites for hydroxylation is 1. The summed E-state index contributed by atoms with van der Waals surface area (Å²) in [6.45, 7) is 22.1. The monoisotopic (exact) mass is 2030 g/mol. The first-order valence-corrected chi connectivity index (χ1v) is 48.6. The lowest BCUT2D eigenvalue weighted by Gasteiger charge is -2.35. The van der Waals surface area contributed by atoms with Gasteiger partial charge in [-0.25, -0.2) is 19.2 Å². The number of anilines is 3. The average molecular weight is 2030 g/mol. The van der Waals surface area contributed by atoms with E-state index in [0.717, 1.165) is 36.6 Å². The number of aromatic nitrogens is 6. The minimum absolute atomic E-state index is 0.00252. The predicted molar refractivity (Wildman–Crippen MR) is 510 cm³/mol. The van der Waals surface area contributed by atoms with Crippen molar-refractivity contribution in [2.24, 2.45) is 5.92 Å². The van der Waals surface area contributed by atoms with E-state index in [1.54, 1.807) is 64.4 Å². The fourth-order valence-corrected chi connectivity index (χ4v) is 14.7. The smallest absolute Gasteiger partial charge is 0.420 e. The van der Waals surface area contributed by atoms with Crippen LogP contribution in [-0.2, 0) is 122 Å². The van der Waals surface area contributed by atoms with E-state index in [-0.39, 0.29) is 71.7 Å². The van der Waals surface area contributed by atoms with E-state index in [0.29, 0.717) is 357 Å². The quantitative estimate of drug-likeness (QED) is 0.0138. The van der Waals surface area contributed by atoms with Crippen molar-refractivity contribution < 1.29 is 145 Å². The number of amides is 4. The Morgan fingerprint density at radius 1 is 0.465 bits per heavy atom. The standard InChI is InChI=1S/C98H136ClF5N12O26/c1-77-7-8-80(71-79(77)10-14-85-75-106-90-5-4-21-108-115(85)90)95(119)111-84-11-9-81(88(73-84)97(100,101)102)76-112-26-28-113(29-27-112)91(117)20-31-121-33-35-123-37-39-125-41-43-127-45-47-129-49-51-131-53-55-133-57-59-135-61-63-137-65-67-139-69-70-140-68-66-138-64-62-136-60-58-134-56-54-132-52-50-130-48-46-128-44-42-126-40-38-124-36-34-122-32-23-105-94(118)78-18-24-114(25-19-78)93-87(89-17-22-109-116(89)92-6-2-3-30-141-92)72-82(74-107-93)96(120)110-83-12-15-86(16-13-83)142-98(99,103)104/h4-5,7-9,11-13,15-17,21-22,71-75,78,92H,2-3,6,18-20,23-70,76H2,1H3,(H,105,118)(H,110,120)(H,111,119). The second kappa shape index (κ2) is 68.2. The van der Waals surface area contributed by atoms with Gasteiger partial charge in [0.2, 0.25) is 11.8 Å². The van der Waals surface area contributed by atoms with E-state index in [2.05, 4.69) is 52.6 Å². The van der Waals surface area contributed by atoms with E-state index in [1.807, 2.05) is 22.6 Å². The second-order valence-electron chi connectivity index (χ2n) is 32.4. The normalized spacial score (nSPS) is 14.5. The molecule has 3 aliphatic heterocycles. The summed E-state index contributed by atoms with van der Waals surface area (Å²) < 4.78 is 195. The fourth-order valence-electron chi connectivity index (χ4n) is 14.6. The van der Waals surface area contributed by atoms with Crippen LogP contribution in [0.4, 0.5) is 39.1 Å². The Morgan fingerprint density at radius 2 is 0.930 bits per heavy atom. The molecule has 7 aromatic rings. The first-order valence-electron chi connectivity index (χ1n) is 48.3. The molecule has 786 valence electrons. The van der Waals surface area contributed by atoms with Crippen molar-refractivity contribution in [2.45, 2.75) is 70.0 Å². The Bertz CT molecular complexity index is 4750. The van der Waals surface area contributed by atoms with E-state index < -0.39 is 29.1 Å². The Balaban J connectivity index is 0.393. The first-order chi connectivity index (χ1) is 69.4. The van der Waals surface area contributed by atoms with Gasteiger partial charge in [0.05, 0.1) is 294 Å². The minimum atomic E-state index is -4.68. The van der Waals surface area contributed by atoms with Gasteiger partial charge in [0.15, 0.2) is 11.9 Å². The molecule has 1 unspecified atom stereocenters. The van der Waals surface area contributed by atoms with Gasteiger partial charge in [-0.15, -0.1) is 8.78 Å². The van der Waals surface area contributed by atoms with Gasteiger partial charge in [-0.1, -0.05) is 18.1 Å². The van der Waals surface area contributed by atoms with Gasteiger partial charge in [0.25, 0.3) is 11.8 Å². The van der Waals surface area contributed by atoms with Crippen LogP contribution in [0.5, 0.6) is 5.75 Å². The maximum atomic E-state index is 14.5. The van der Waals surface area contributed by atoms with Crippen molar-refractivity contribution >= 4 is 58.1 Å². The molecule has 142 heavy (non-hydrogen) atoms. The Kier molecular flexibility index (Phi) is 55.1. The lowest BCUT2D eigenvalue weighted by molar-refractivity contribution is -0.138. The summed E-state index contributed by atoms with van der Waals surface area (Å²) in [5.41, 5.74) is 0.165. The summed E-state index contributed by atoms with van der Waals surface area (Å²) >= 11 is 4.90. The summed E-state index contributed by atoms with van der Waals surface area (Å²) in [7, 11) is 0. The molecule has 7 heterocycles. The third-order valence-corrected chi connectivity index (χ3v) is 22.1. The van der Waals surface area contributed by atoms with Crippen LogP contribution >= 0.6 is 11.6 Å². The molecule has 1 atom stereocenters. The number of hydrogen-bond acceptors (Lipinski definition) is 32. The molecule has 38 nitrogen and oxygen atoms in total. The molecule has 0 spiro atoms. The zero-order chi connectivity index (χ0) is 100.0. The molecule has 4 aromatic heterocycles. The third-order valence-electron chi connectivity index (χ3n) is 22.0.